The van der Waals surface area contributed by atoms with Crippen LogP contribution in [0.25, 0.3) is 22.0 Å². The van der Waals surface area contributed by atoms with Crippen molar-refractivity contribution in [2.75, 3.05) is 6.54 Å². The number of amides is 1. The van der Waals surface area contributed by atoms with Crippen LogP contribution in [0.15, 0.2) is 24.5 Å². The maximum atomic E-state index is 13.7. The van der Waals surface area contributed by atoms with Crippen molar-refractivity contribution in [1.29, 1.82) is 0 Å². The fraction of sp³-hybridized carbons (Fsp3) is 0.542. The van der Waals surface area contributed by atoms with Crippen LogP contribution in [0.4, 0.5) is 8.78 Å². The number of hydrogen-bond donors (Lipinski definition) is 1. The molecule has 1 N–H and O–H groups in total. The SMILES string of the molecule is CCC(=O)NCC[C@@H](C)Oc1cc(-c2cnn(C3CCC(F)(F)C3)c2)cc2nn(C)c(C)c12. The van der Waals surface area contributed by atoms with E-state index in [2.05, 4.69) is 15.5 Å². The Labute approximate surface area is 192 Å². The van der Waals surface area contributed by atoms with E-state index in [1.165, 1.54) is 0 Å². The maximum absolute atomic E-state index is 13.7. The summed E-state index contributed by atoms with van der Waals surface area (Å²) in [5, 5.41) is 12.8. The number of aromatic nitrogens is 4. The van der Waals surface area contributed by atoms with Crippen molar-refractivity contribution in [3.63, 3.8) is 0 Å². The van der Waals surface area contributed by atoms with Crippen molar-refractivity contribution in [3.8, 4) is 16.9 Å². The van der Waals surface area contributed by atoms with Gasteiger partial charge in [-0.1, -0.05) is 6.92 Å². The number of nitrogens with zero attached hydrogens (tertiary/aromatic N) is 4. The quantitative estimate of drug-likeness (QED) is 0.526. The molecular formula is C24H31F2N5O2. The summed E-state index contributed by atoms with van der Waals surface area (Å²) in [4.78, 5) is 11.5. The average Bonchev–Trinajstić information content (AvgIpc) is 3.45. The highest BCUT2D eigenvalue weighted by atomic mass is 19.3. The summed E-state index contributed by atoms with van der Waals surface area (Å²) in [7, 11) is 1.89. The summed E-state index contributed by atoms with van der Waals surface area (Å²) in [5.74, 6) is -1.89. The van der Waals surface area contributed by atoms with Gasteiger partial charge in [0.15, 0.2) is 0 Å². The zero-order valence-corrected chi connectivity index (χ0v) is 19.6. The van der Waals surface area contributed by atoms with Gasteiger partial charge in [0.25, 0.3) is 0 Å². The Morgan fingerprint density at radius 1 is 1.36 bits per heavy atom. The number of carbonyl (C=O) groups excluding carboxylic acids is 1. The molecule has 0 aliphatic heterocycles. The summed E-state index contributed by atoms with van der Waals surface area (Å²) in [6.45, 7) is 6.33. The van der Waals surface area contributed by atoms with Gasteiger partial charge >= 0.3 is 0 Å². The largest absolute Gasteiger partial charge is 0.490 e. The van der Waals surface area contributed by atoms with E-state index in [0.29, 0.717) is 31.6 Å². The van der Waals surface area contributed by atoms with Crippen LogP contribution in [-0.4, -0.2) is 44.0 Å². The van der Waals surface area contributed by atoms with Crippen molar-refractivity contribution in [3.05, 3.63) is 30.2 Å². The van der Waals surface area contributed by atoms with Crippen molar-refractivity contribution < 1.29 is 18.3 Å². The molecular weight excluding hydrogens is 428 g/mol. The standard InChI is InChI=1S/C24H31F2N5O2/c1-5-22(32)27-9-7-15(2)33-21-11-17(10-20-23(21)16(3)30(4)29-20)18-13-28-31(14-18)19-6-8-24(25,26)12-19/h10-11,13-15,19H,5-9,12H2,1-4H3,(H,27,32)/t15-,19?/m1/s1. The third kappa shape index (κ3) is 5.02. The predicted molar refractivity (Wildman–Crippen MR) is 123 cm³/mol. The smallest absolute Gasteiger partial charge is 0.250 e. The van der Waals surface area contributed by atoms with Crippen molar-refractivity contribution in [2.45, 2.75) is 70.9 Å². The summed E-state index contributed by atoms with van der Waals surface area (Å²) >= 11 is 0. The second kappa shape index (κ2) is 9.11. The number of hydrogen-bond acceptors (Lipinski definition) is 4. The molecule has 2 heterocycles. The van der Waals surface area contributed by atoms with E-state index in [1.807, 2.05) is 50.8 Å². The first-order valence-corrected chi connectivity index (χ1v) is 11.5. The molecule has 0 bridgehead atoms. The van der Waals surface area contributed by atoms with Gasteiger partial charge in [-0.25, -0.2) is 8.78 Å². The van der Waals surface area contributed by atoms with E-state index in [9.17, 15) is 13.6 Å². The first kappa shape index (κ1) is 23.2. The van der Waals surface area contributed by atoms with Gasteiger partial charge in [-0.05, 0) is 38.0 Å². The van der Waals surface area contributed by atoms with Crippen molar-refractivity contribution >= 4 is 16.8 Å². The Morgan fingerprint density at radius 3 is 2.85 bits per heavy atom. The van der Waals surface area contributed by atoms with Gasteiger partial charge in [0.1, 0.15) is 5.75 Å². The number of nitrogens with one attached hydrogen (secondary N) is 1. The molecule has 1 fully saturated rings. The van der Waals surface area contributed by atoms with Crippen LogP contribution >= 0.6 is 0 Å². The second-order valence-corrected chi connectivity index (χ2v) is 8.96. The highest BCUT2D eigenvalue weighted by molar-refractivity contribution is 5.92. The minimum absolute atomic E-state index is 0.0201. The van der Waals surface area contributed by atoms with E-state index in [-0.39, 0.29) is 30.9 Å². The molecule has 0 radical (unpaired) electrons. The molecule has 33 heavy (non-hydrogen) atoms. The third-order valence-corrected chi connectivity index (χ3v) is 6.40. The third-order valence-electron chi connectivity index (χ3n) is 6.40. The van der Waals surface area contributed by atoms with Crippen molar-refractivity contribution in [1.82, 2.24) is 24.9 Å². The average molecular weight is 460 g/mol. The Bertz CT molecular complexity index is 1150. The molecule has 0 spiro atoms. The summed E-state index contributed by atoms with van der Waals surface area (Å²) < 4.78 is 37.1. The molecule has 1 amide bonds. The fourth-order valence-corrected chi connectivity index (χ4v) is 4.36. The molecule has 1 unspecified atom stereocenters. The van der Waals surface area contributed by atoms with Gasteiger partial charge in [-0.3, -0.25) is 14.2 Å². The van der Waals surface area contributed by atoms with Gasteiger partial charge in [-0.2, -0.15) is 10.2 Å². The second-order valence-electron chi connectivity index (χ2n) is 8.96. The summed E-state index contributed by atoms with van der Waals surface area (Å²) in [6, 6.07) is 3.65. The zero-order chi connectivity index (χ0) is 23.8. The fourth-order valence-electron chi connectivity index (χ4n) is 4.36. The Morgan fingerprint density at radius 2 is 2.15 bits per heavy atom. The zero-order valence-electron chi connectivity index (χ0n) is 19.6. The van der Waals surface area contributed by atoms with E-state index in [1.54, 1.807) is 10.9 Å². The van der Waals surface area contributed by atoms with Crippen molar-refractivity contribution in [2.24, 2.45) is 7.05 Å². The van der Waals surface area contributed by atoms with E-state index < -0.39 is 5.92 Å². The highest BCUT2D eigenvalue weighted by Crippen LogP contribution is 2.42. The summed E-state index contributed by atoms with van der Waals surface area (Å²) in [5.41, 5.74) is 3.50. The number of halogens is 2. The molecule has 4 rings (SSSR count). The van der Waals surface area contributed by atoms with Crippen LogP contribution in [0.3, 0.4) is 0 Å². The molecule has 1 aliphatic rings. The van der Waals surface area contributed by atoms with Gasteiger partial charge in [0.05, 0.1) is 29.2 Å². The van der Waals surface area contributed by atoms with Crippen LogP contribution in [0.5, 0.6) is 5.75 Å². The number of alkyl halides is 2. The minimum atomic E-state index is -2.62. The molecule has 1 saturated carbocycles. The van der Waals surface area contributed by atoms with E-state index in [4.69, 9.17) is 4.74 Å². The maximum Gasteiger partial charge on any atom is 0.250 e. The van der Waals surface area contributed by atoms with Crippen LogP contribution in [-0.2, 0) is 11.8 Å². The van der Waals surface area contributed by atoms with E-state index >= 15 is 0 Å². The van der Waals surface area contributed by atoms with Gasteiger partial charge in [0, 0.05) is 56.7 Å². The molecule has 3 aromatic rings. The molecule has 178 valence electrons. The number of ether oxygens (including phenoxy) is 1. The highest BCUT2D eigenvalue weighted by Gasteiger charge is 2.40. The van der Waals surface area contributed by atoms with Gasteiger partial charge in [-0.15, -0.1) is 0 Å². The van der Waals surface area contributed by atoms with Crippen LogP contribution < -0.4 is 10.1 Å². The Balaban J connectivity index is 1.59. The lowest BCUT2D eigenvalue weighted by Crippen LogP contribution is -2.27. The predicted octanol–water partition coefficient (Wildman–Crippen LogP) is 4.79. The molecule has 0 saturated heterocycles. The first-order valence-electron chi connectivity index (χ1n) is 11.5. The molecule has 2 aromatic heterocycles. The number of carbonyl (C=O) groups is 1. The molecule has 1 aromatic carbocycles. The summed E-state index contributed by atoms with van der Waals surface area (Å²) in [6.07, 6.45) is 4.70. The molecule has 1 aliphatic carbocycles. The van der Waals surface area contributed by atoms with Gasteiger partial charge in [0.2, 0.25) is 11.8 Å². The number of benzene rings is 1. The van der Waals surface area contributed by atoms with Gasteiger partial charge < -0.3 is 10.1 Å². The normalized spacial score (nSPS) is 18.5. The number of fused-ring (bicyclic) bond motifs is 1. The monoisotopic (exact) mass is 459 g/mol. The lowest BCUT2D eigenvalue weighted by Gasteiger charge is -2.17. The molecule has 2 atom stereocenters. The Kier molecular flexibility index (Phi) is 6.41. The van der Waals surface area contributed by atoms with E-state index in [0.717, 1.165) is 27.7 Å². The molecule has 9 heteroatoms. The van der Waals surface area contributed by atoms with Crippen LogP contribution in [0, 0.1) is 6.92 Å². The lowest BCUT2D eigenvalue weighted by atomic mass is 10.1. The topological polar surface area (TPSA) is 74.0 Å². The van der Waals surface area contributed by atoms with Crippen LogP contribution in [0.1, 0.15) is 57.7 Å². The van der Waals surface area contributed by atoms with Crippen LogP contribution in [0.2, 0.25) is 0 Å². The lowest BCUT2D eigenvalue weighted by molar-refractivity contribution is -0.120. The number of rotatable bonds is 8. The molecule has 7 nitrogen and oxygen atoms in total. The minimum Gasteiger partial charge on any atom is -0.490 e. The number of aryl methyl sites for hydroxylation is 2. The first-order chi connectivity index (χ1) is 15.7. The Hall–Kier alpha value is -2.97.